The molecule has 0 aliphatic carbocycles. The minimum Gasteiger partial charge on any atom is -0.379 e. The van der Waals surface area contributed by atoms with Gasteiger partial charge in [-0.3, -0.25) is 9.88 Å². The van der Waals surface area contributed by atoms with Crippen molar-refractivity contribution < 1.29 is 9.13 Å². The molecule has 5 rings (SSSR count). The highest BCUT2D eigenvalue weighted by molar-refractivity contribution is 5.83. The van der Waals surface area contributed by atoms with Crippen LogP contribution in [0.5, 0.6) is 0 Å². The van der Waals surface area contributed by atoms with Crippen molar-refractivity contribution in [3.63, 3.8) is 0 Å². The first-order valence-corrected chi connectivity index (χ1v) is 11.4. The zero-order valence-electron chi connectivity index (χ0n) is 19.5. The highest BCUT2D eigenvalue weighted by Gasteiger charge is 2.16. The van der Waals surface area contributed by atoms with Crippen molar-refractivity contribution in [1.82, 2.24) is 34.4 Å². The lowest BCUT2D eigenvalue weighted by atomic mass is 10.1. The quantitative estimate of drug-likeness (QED) is 0.461. The summed E-state index contributed by atoms with van der Waals surface area (Å²) in [6.07, 6.45) is 4.90. The SMILES string of the molecule is Cc1nc2c(F)cc(-c3cc(Nc4cnc(CN5CCOCC5)cn4)ncn3)cc2n1C(C)C. The van der Waals surface area contributed by atoms with Crippen LogP contribution in [0.1, 0.15) is 31.4 Å². The van der Waals surface area contributed by atoms with Gasteiger partial charge in [-0.2, -0.15) is 0 Å². The van der Waals surface area contributed by atoms with Crippen LogP contribution in [-0.2, 0) is 11.3 Å². The first-order valence-electron chi connectivity index (χ1n) is 11.4. The van der Waals surface area contributed by atoms with Gasteiger partial charge in [0, 0.05) is 37.3 Å². The molecule has 0 saturated carbocycles. The molecular formula is C24H27FN8O. The van der Waals surface area contributed by atoms with Crippen LogP contribution in [0.3, 0.4) is 0 Å². The summed E-state index contributed by atoms with van der Waals surface area (Å²) in [5, 5.41) is 3.16. The largest absolute Gasteiger partial charge is 0.379 e. The van der Waals surface area contributed by atoms with Gasteiger partial charge in [0.1, 0.15) is 29.3 Å². The number of rotatable bonds is 6. The third-order valence-corrected chi connectivity index (χ3v) is 5.86. The minimum absolute atomic E-state index is 0.159. The average Bonchev–Trinajstić information content (AvgIpc) is 3.18. The van der Waals surface area contributed by atoms with Gasteiger partial charge >= 0.3 is 0 Å². The van der Waals surface area contributed by atoms with Crippen LogP contribution in [0.25, 0.3) is 22.3 Å². The normalized spacial score (nSPS) is 14.7. The highest BCUT2D eigenvalue weighted by atomic mass is 19.1. The number of aromatic nitrogens is 6. The number of nitrogens with one attached hydrogen (secondary N) is 1. The number of fused-ring (bicyclic) bond motifs is 1. The summed E-state index contributed by atoms with van der Waals surface area (Å²) in [6.45, 7) is 10.0. The zero-order chi connectivity index (χ0) is 23.7. The lowest BCUT2D eigenvalue weighted by Crippen LogP contribution is -2.35. The van der Waals surface area contributed by atoms with Crippen molar-refractivity contribution >= 4 is 22.7 Å². The van der Waals surface area contributed by atoms with Crippen molar-refractivity contribution in [3.05, 3.63) is 54.3 Å². The van der Waals surface area contributed by atoms with E-state index in [-0.39, 0.29) is 11.9 Å². The Bertz CT molecular complexity index is 1300. The smallest absolute Gasteiger partial charge is 0.151 e. The summed E-state index contributed by atoms with van der Waals surface area (Å²) in [4.78, 5) is 24.3. The number of morpholine rings is 1. The van der Waals surface area contributed by atoms with E-state index in [1.807, 2.05) is 17.6 Å². The Morgan fingerprint density at radius 1 is 1.03 bits per heavy atom. The summed E-state index contributed by atoms with van der Waals surface area (Å²) in [7, 11) is 0. The predicted octanol–water partition coefficient (Wildman–Crippen LogP) is 3.89. The van der Waals surface area contributed by atoms with Crippen LogP contribution in [0.2, 0.25) is 0 Å². The number of halogens is 1. The van der Waals surface area contributed by atoms with Crippen LogP contribution in [0.15, 0.2) is 36.9 Å². The molecule has 1 aliphatic heterocycles. The van der Waals surface area contributed by atoms with Crippen LogP contribution in [-0.4, -0.2) is 60.7 Å². The van der Waals surface area contributed by atoms with Crippen LogP contribution < -0.4 is 5.32 Å². The van der Waals surface area contributed by atoms with Crippen molar-refractivity contribution in [3.8, 4) is 11.3 Å². The first kappa shape index (κ1) is 22.3. The molecule has 0 amide bonds. The van der Waals surface area contributed by atoms with Crippen molar-refractivity contribution in [2.45, 2.75) is 33.4 Å². The molecule has 1 aromatic carbocycles. The Balaban J connectivity index is 1.36. The van der Waals surface area contributed by atoms with Gasteiger partial charge in [-0.1, -0.05) is 0 Å². The summed E-state index contributed by atoms with van der Waals surface area (Å²) in [5.41, 5.74) is 3.28. The summed E-state index contributed by atoms with van der Waals surface area (Å²) >= 11 is 0. The predicted molar refractivity (Wildman–Crippen MR) is 127 cm³/mol. The molecule has 4 aromatic rings. The van der Waals surface area contributed by atoms with Crippen molar-refractivity contribution in [2.24, 2.45) is 0 Å². The number of benzene rings is 1. The van der Waals surface area contributed by atoms with Crippen LogP contribution in [0.4, 0.5) is 16.0 Å². The number of hydrogen-bond acceptors (Lipinski definition) is 8. The maximum absolute atomic E-state index is 14.9. The molecule has 1 saturated heterocycles. The van der Waals surface area contributed by atoms with E-state index < -0.39 is 0 Å². The molecule has 0 unspecified atom stereocenters. The Labute approximate surface area is 197 Å². The number of ether oxygens (including phenoxy) is 1. The second kappa shape index (κ2) is 9.40. The fraction of sp³-hybridized carbons (Fsp3) is 0.375. The third kappa shape index (κ3) is 4.59. The van der Waals surface area contributed by atoms with Gasteiger partial charge in [-0.05, 0) is 32.9 Å². The molecule has 0 spiro atoms. The van der Waals surface area contributed by atoms with Crippen molar-refractivity contribution in [2.75, 3.05) is 31.6 Å². The van der Waals surface area contributed by atoms with E-state index >= 15 is 0 Å². The van der Waals surface area contributed by atoms with Gasteiger partial charge in [0.15, 0.2) is 5.82 Å². The standard InChI is InChI=1S/C24H27FN8O/c1-15(2)33-16(3)30-24-19(25)8-17(9-21(24)33)20-10-22(29-14-28-20)31-23-12-26-18(11-27-23)13-32-4-6-34-7-5-32/h8-12,14-15H,4-7,13H2,1-3H3,(H,27,28,29,31). The van der Waals surface area contributed by atoms with Gasteiger partial charge in [0.05, 0.1) is 42.5 Å². The number of anilines is 2. The maximum Gasteiger partial charge on any atom is 0.151 e. The molecule has 1 N–H and O–H groups in total. The lowest BCUT2D eigenvalue weighted by molar-refractivity contribution is 0.0336. The number of imidazole rings is 1. The maximum atomic E-state index is 14.9. The molecule has 4 heterocycles. The molecule has 34 heavy (non-hydrogen) atoms. The van der Waals surface area contributed by atoms with E-state index in [0.29, 0.717) is 28.4 Å². The first-order chi connectivity index (χ1) is 16.5. The van der Waals surface area contributed by atoms with E-state index in [1.54, 1.807) is 18.5 Å². The molecule has 0 radical (unpaired) electrons. The molecule has 1 aliphatic rings. The van der Waals surface area contributed by atoms with Crippen molar-refractivity contribution in [1.29, 1.82) is 0 Å². The van der Waals surface area contributed by atoms with E-state index in [4.69, 9.17) is 4.74 Å². The molecule has 10 heteroatoms. The van der Waals surface area contributed by atoms with E-state index in [9.17, 15) is 4.39 Å². The molecule has 3 aromatic heterocycles. The fourth-order valence-electron chi connectivity index (χ4n) is 4.27. The number of aryl methyl sites for hydroxylation is 1. The lowest BCUT2D eigenvalue weighted by Gasteiger charge is -2.25. The Kier molecular flexibility index (Phi) is 6.16. The Morgan fingerprint density at radius 3 is 2.59 bits per heavy atom. The van der Waals surface area contributed by atoms with Gasteiger partial charge in [-0.15, -0.1) is 0 Å². The van der Waals surface area contributed by atoms with E-state index in [1.165, 1.54) is 12.4 Å². The monoisotopic (exact) mass is 462 g/mol. The highest BCUT2D eigenvalue weighted by Crippen LogP contribution is 2.29. The second-order valence-electron chi connectivity index (χ2n) is 8.64. The third-order valence-electron chi connectivity index (χ3n) is 5.86. The zero-order valence-corrected chi connectivity index (χ0v) is 19.5. The summed E-state index contributed by atoms with van der Waals surface area (Å²) < 4.78 is 22.3. The van der Waals surface area contributed by atoms with Gasteiger partial charge < -0.3 is 14.6 Å². The minimum atomic E-state index is -0.371. The Hall–Kier alpha value is -3.50. The van der Waals surface area contributed by atoms with Gasteiger partial charge in [-0.25, -0.2) is 24.3 Å². The fourth-order valence-corrected chi connectivity index (χ4v) is 4.27. The molecular weight excluding hydrogens is 435 g/mol. The summed E-state index contributed by atoms with van der Waals surface area (Å²) in [6, 6.07) is 5.32. The molecule has 0 atom stereocenters. The average molecular weight is 463 g/mol. The van der Waals surface area contributed by atoms with Crippen LogP contribution >= 0.6 is 0 Å². The van der Waals surface area contributed by atoms with E-state index in [0.717, 1.165) is 49.9 Å². The van der Waals surface area contributed by atoms with E-state index in [2.05, 4.69) is 49.0 Å². The number of nitrogens with zero attached hydrogens (tertiary/aromatic N) is 7. The molecule has 1 fully saturated rings. The Morgan fingerprint density at radius 2 is 1.85 bits per heavy atom. The summed E-state index contributed by atoms with van der Waals surface area (Å²) in [5.74, 6) is 1.53. The molecule has 0 bridgehead atoms. The van der Waals surface area contributed by atoms with Gasteiger partial charge in [0.2, 0.25) is 0 Å². The number of hydrogen-bond donors (Lipinski definition) is 1. The molecule has 176 valence electrons. The molecule has 9 nitrogen and oxygen atoms in total. The van der Waals surface area contributed by atoms with Gasteiger partial charge in [0.25, 0.3) is 0 Å². The second-order valence-corrected chi connectivity index (χ2v) is 8.64. The van der Waals surface area contributed by atoms with Crippen LogP contribution in [0, 0.1) is 12.7 Å². The topological polar surface area (TPSA) is 93.9 Å².